The fourth-order valence-electron chi connectivity index (χ4n) is 14.0. The van der Waals surface area contributed by atoms with Crippen LogP contribution in [-0.4, -0.2) is 19.0 Å². The summed E-state index contributed by atoms with van der Waals surface area (Å²) in [6.07, 6.45) is 12.5. The smallest absolute Gasteiger partial charge is 0.337 e. The number of fused-ring (bicyclic) bond motifs is 7. The summed E-state index contributed by atoms with van der Waals surface area (Å²) in [7, 11) is 1.44. The predicted molar refractivity (Wildman–Crippen MR) is 206 cm³/mol. The molecule has 4 saturated carbocycles. The van der Waals surface area contributed by atoms with E-state index in [0.29, 0.717) is 41.8 Å². The van der Waals surface area contributed by atoms with E-state index < -0.39 is 5.41 Å². The van der Waals surface area contributed by atoms with Gasteiger partial charge in [0.15, 0.2) is 0 Å². The Labute approximate surface area is 307 Å². The lowest BCUT2D eigenvalue weighted by Crippen LogP contribution is -2.63. The summed E-state index contributed by atoms with van der Waals surface area (Å²) in [5, 5.41) is 0. The number of esters is 2. The number of carbonyl (C=O) groups excluding carboxylic acids is 2. The third kappa shape index (κ3) is 5.34. The zero-order valence-electron chi connectivity index (χ0n) is 32.6. The van der Waals surface area contributed by atoms with Crippen LogP contribution in [0.1, 0.15) is 128 Å². The lowest BCUT2D eigenvalue weighted by molar-refractivity contribution is -0.203. The van der Waals surface area contributed by atoms with Crippen LogP contribution in [0.5, 0.6) is 0 Å². The molecular weight excluding hydrogens is 629 g/mol. The molecule has 0 spiro atoms. The van der Waals surface area contributed by atoms with Gasteiger partial charge in [-0.25, -0.2) is 4.79 Å². The maximum Gasteiger partial charge on any atom is 0.337 e. The average Bonchev–Trinajstić information content (AvgIpc) is 3.47. The summed E-state index contributed by atoms with van der Waals surface area (Å²) in [6, 6.07) is 18.2. The standard InChI is InChI=1S/C47H62O4/c1-30(2)35-21-26-47(42(49)51-29-32-13-11-10-12-14-32)28-27-46(8)39(40(35)47)31(3)15-20-38-44(6)24-22-36(33-16-18-34(19-17-33)41(48)50-9)43(4,5)37(44)23-25-45(38,46)7/h10-14,16-19,22,31,35,37-40H,1,15,20-21,23-29H2,2-9H3/t31-,35+,37+,38-,39?,40-,44+,45-,46-,47+/m1/s1. The van der Waals surface area contributed by atoms with Crippen LogP contribution in [-0.2, 0) is 20.9 Å². The van der Waals surface area contributed by atoms with E-state index in [9.17, 15) is 9.59 Å². The Hall–Kier alpha value is -3.14. The highest BCUT2D eigenvalue weighted by molar-refractivity contribution is 5.90. The minimum Gasteiger partial charge on any atom is -0.465 e. The third-order valence-electron chi connectivity index (χ3n) is 16.5. The van der Waals surface area contributed by atoms with Crippen molar-refractivity contribution in [3.8, 4) is 0 Å². The van der Waals surface area contributed by atoms with Crippen molar-refractivity contribution >= 4 is 17.5 Å². The number of allylic oxidation sites excluding steroid dienone is 3. The largest absolute Gasteiger partial charge is 0.465 e. The van der Waals surface area contributed by atoms with Gasteiger partial charge in [-0.1, -0.05) is 109 Å². The number of rotatable bonds is 6. The molecule has 4 nitrogen and oxygen atoms in total. The van der Waals surface area contributed by atoms with Gasteiger partial charge in [-0.2, -0.15) is 0 Å². The molecule has 7 rings (SSSR count). The molecule has 5 aliphatic carbocycles. The van der Waals surface area contributed by atoms with E-state index >= 15 is 0 Å². The highest BCUT2D eigenvalue weighted by Gasteiger charge is 2.71. The Morgan fingerprint density at radius 3 is 2.18 bits per heavy atom. The number of hydrogen-bond acceptors (Lipinski definition) is 4. The average molecular weight is 691 g/mol. The van der Waals surface area contributed by atoms with E-state index in [4.69, 9.17) is 9.47 Å². The molecule has 0 bridgehead atoms. The van der Waals surface area contributed by atoms with Crippen LogP contribution in [0, 0.1) is 62.6 Å². The lowest BCUT2D eigenvalue weighted by Gasteiger charge is -2.69. The van der Waals surface area contributed by atoms with Crippen molar-refractivity contribution < 1.29 is 19.1 Å². The van der Waals surface area contributed by atoms with E-state index in [1.165, 1.54) is 49.5 Å². The number of carbonyl (C=O) groups is 2. The molecule has 0 radical (unpaired) electrons. The number of methoxy groups -OCH3 is 1. The van der Waals surface area contributed by atoms with E-state index in [0.717, 1.165) is 37.7 Å². The van der Waals surface area contributed by atoms with Crippen LogP contribution < -0.4 is 0 Å². The van der Waals surface area contributed by atoms with E-state index in [1.807, 2.05) is 30.3 Å². The van der Waals surface area contributed by atoms with E-state index in [-0.39, 0.29) is 39.5 Å². The second kappa shape index (κ2) is 12.8. The molecule has 4 heteroatoms. The van der Waals surface area contributed by atoms with Crippen molar-refractivity contribution in [3.63, 3.8) is 0 Å². The lowest BCUT2D eigenvalue weighted by atomic mass is 9.35. The molecule has 0 heterocycles. The topological polar surface area (TPSA) is 52.6 Å². The summed E-state index contributed by atoms with van der Waals surface area (Å²) in [5.74, 6) is 2.53. The van der Waals surface area contributed by atoms with Gasteiger partial charge < -0.3 is 9.47 Å². The van der Waals surface area contributed by atoms with Crippen molar-refractivity contribution in [1.82, 2.24) is 0 Å². The van der Waals surface area contributed by atoms with Crippen molar-refractivity contribution in [1.29, 1.82) is 0 Å². The van der Waals surface area contributed by atoms with Gasteiger partial charge in [0, 0.05) is 0 Å². The van der Waals surface area contributed by atoms with Gasteiger partial charge in [0.05, 0.1) is 18.1 Å². The minimum atomic E-state index is -0.429. The monoisotopic (exact) mass is 690 g/mol. The van der Waals surface area contributed by atoms with E-state index in [1.54, 1.807) is 0 Å². The summed E-state index contributed by atoms with van der Waals surface area (Å²) in [5.41, 5.74) is 5.58. The zero-order valence-corrected chi connectivity index (χ0v) is 32.6. The Morgan fingerprint density at radius 2 is 1.51 bits per heavy atom. The number of benzene rings is 2. The fourth-order valence-corrected chi connectivity index (χ4v) is 14.0. The maximum absolute atomic E-state index is 14.5. The van der Waals surface area contributed by atoms with Crippen LogP contribution in [0.15, 0.2) is 72.8 Å². The molecular formula is C47H62O4. The zero-order chi connectivity index (χ0) is 36.6. The van der Waals surface area contributed by atoms with Gasteiger partial charge in [-0.3, -0.25) is 4.79 Å². The van der Waals surface area contributed by atoms with Crippen LogP contribution in [0.3, 0.4) is 0 Å². The van der Waals surface area contributed by atoms with Gasteiger partial charge in [-0.05, 0) is 144 Å². The molecule has 51 heavy (non-hydrogen) atoms. The highest BCUT2D eigenvalue weighted by atomic mass is 16.5. The molecule has 10 atom stereocenters. The molecule has 2 aromatic carbocycles. The van der Waals surface area contributed by atoms with Crippen LogP contribution in [0.2, 0.25) is 0 Å². The minimum absolute atomic E-state index is 0.0000681. The Bertz CT molecular complexity index is 1700. The third-order valence-corrected chi connectivity index (χ3v) is 16.5. The van der Waals surface area contributed by atoms with Crippen LogP contribution >= 0.6 is 0 Å². The fraction of sp³-hybridized carbons (Fsp3) is 0.617. The first-order valence-corrected chi connectivity index (χ1v) is 19.9. The normalized spacial score (nSPS) is 39.6. The van der Waals surface area contributed by atoms with E-state index in [2.05, 4.69) is 85.4 Å². The van der Waals surface area contributed by atoms with Gasteiger partial charge in [-0.15, -0.1) is 0 Å². The first-order valence-electron chi connectivity index (χ1n) is 19.9. The molecule has 2 aromatic rings. The van der Waals surface area contributed by atoms with Crippen molar-refractivity contribution in [3.05, 3.63) is 89.5 Å². The summed E-state index contributed by atoms with van der Waals surface area (Å²) in [6.45, 7) is 22.6. The number of hydrogen-bond donors (Lipinski definition) is 0. The Kier molecular flexibility index (Phi) is 9.07. The Balaban J connectivity index is 1.24. The second-order valence-corrected chi connectivity index (χ2v) is 18.9. The molecule has 0 aromatic heterocycles. The van der Waals surface area contributed by atoms with Crippen molar-refractivity contribution in [2.45, 2.75) is 113 Å². The summed E-state index contributed by atoms with van der Waals surface area (Å²) < 4.78 is 11.3. The maximum atomic E-state index is 14.5. The van der Waals surface area contributed by atoms with Gasteiger partial charge in [0.1, 0.15) is 6.61 Å². The molecule has 0 amide bonds. The first kappa shape index (κ1) is 36.2. The Morgan fingerprint density at radius 1 is 0.804 bits per heavy atom. The van der Waals surface area contributed by atoms with Crippen LogP contribution in [0.25, 0.3) is 5.57 Å². The molecule has 274 valence electrons. The van der Waals surface area contributed by atoms with Gasteiger partial charge in [0.25, 0.3) is 0 Å². The number of ether oxygens (including phenoxy) is 2. The summed E-state index contributed by atoms with van der Waals surface area (Å²) >= 11 is 0. The van der Waals surface area contributed by atoms with Gasteiger partial charge in [0.2, 0.25) is 0 Å². The predicted octanol–water partition coefficient (Wildman–Crippen LogP) is 11.5. The highest BCUT2D eigenvalue weighted by Crippen LogP contribution is 2.77. The molecule has 4 fully saturated rings. The van der Waals surface area contributed by atoms with Crippen molar-refractivity contribution in [2.75, 3.05) is 7.11 Å². The first-order chi connectivity index (χ1) is 24.1. The quantitative estimate of drug-likeness (QED) is 0.224. The molecule has 0 aliphatic heterocycles. The van der Waals surface area contributed by atoms with Gasteiger partial charge >= 0.3 is 11.9 Å². The SMILES string of the molecule is C=C(C)[C@@H]1CC[C@]2(C(=O)OCc3ccccc3)CC[C@]3(C)C([C@H](C)CC[C@@H]4[C@@]5(C)CC=C(c6ccc(C(=O)OC)cc6)C(C)(C)[C@@H]5CC[C@]43C)[C@@H]12. The van der Waals surface area contributed by atoms with Crippen molar-refractivity contribution in [2.24, 2.45) is 62.6 Å². The van der Waals surface area contributed by atoms with Crippen LogP contribution in [0.4, 0.5) is 0 Å². The molecule has 0 N–H and O–H groups in total. The summed E-state index contributed by atoms with van der Waals surface area (Å²) in [4.78, 5) is 26.7. The molecule has 5 aliphatic rings. The molecule has 1 unspecified atom stereocenters. The molecule has 0 saturated heterocycles. The second-order valence-electron chi connectivity index (χ2n) is 18.9.